The van der Waals surface area contributed by atoms with Gasteiger partial charge in [0.2, 0.25) is 0 Å². The fourth-order valence-corrected chi connectivity index (χ4v) is 2.63. The zero-order valence-corrected chi connectivity index (χ0v) is 13.1. The summed E-state index contributed by atoms with van der Waals surface area (Å²) in [6.07, 6.45) is 7.99. The highest BCUT2D eigenvalue weighted by Crippen LogP contribution is 2.20. The number of carbonyl (C=O) groups is 2. The lowest BCUT2D eigenvalue weighted by molar-refractivity contribution is -0.124. The molecule has 0 saturated carbocycles. The molecular formula is C16H28N2O2. The van der Waals surface area contributed by atoms with Crippen molar-refractivity contribution in [1.29, 1.82) is 0 Å². The summed E-state index contributed by atoms with van der Waals surface area (Å²) in [4.78, 5) is 25.7. The molecule has 1 rings (SSSR count). The molecule has 1 unspecified atom stereocenters. The molecule has 2 amide bonds. The fourth-order valence-electron chi connectivity index (χ4n) is 2.63. The Morgan fingerprint density at radius 2 is 1.65 bits per heavy atom. The Labute approximate surface area is 122 Å². The number of hydrogen-bond donors (Lipinski definition) is 1. The van der Waals surface area contributed by atoms with Crippen molar-refractivity contribution in [3.63, 3.8) is 0 Å². The Kier molecular flexibility index (Phi) is 7.52. The smallest absolute Gasteiger partial charge is 0.255 e. The van der Waals surface area contributed by atoms with Crippen LogP contribution in [0.2, 0.25) is 0 Å². The zero-order valence-electron chi connectivity index (χ0n) is 13.1. The maximum atomic E-state index is 11.9. The standard InChI is InChI=1S/C16H28N2O2/c1-4-7-10-18(11-8-5-2)14(9-6-3)13-12-15(19)17-16(13)20/h12,14H,4-11H2,1-3H3,(H,17,19,20). The number of nitrogens with one attached hydrogen (secondary N) is 1. The number of hydrogen-bond acceptors (Lipinski definition) is 3. The lowest BCUT2D eigenvalue weighted by Crippen LogP contribution is -2.40. The Balaban J connectivity index is 2.85. The SMILES string of the molecule is CCCCN(CCCC)C(CCC)C1=CC(=O)NC1=O. The summed E-state index contributed by atoms with van der Waals surface area (Å²) in [6.45, 7) is 8.48. The van der Waals surface area contributed by atoms with Gasteiger partial charge in [0.15, 0.2) is 0 Å². The normalized spacial score (nSPS) is 16.5. The Morgan fingerprint density at radius 1 is 1.05 bits per heavy atom. The molecule has 20 heavy (non-hydrogen) atoms. The molecule has 4 heteroatoms. The van der Waals surface area contributed by atoms with Crippen molar-refractivity contribution >= 4 is 11.8 Å². The van der Waals surface area contributed by atoms with Crippen LogP contribution in [0, 0.1) is 0 Å². The monoisotopic (exact) mass is 280 g/mol. The van der Waals surface area contributed by atoms with E-state index < -0.39 is 0 Å². The molecule has 4 nitrogen and oxygen atoms in total. The van der Waals surface area contributed by atoms with E-state index in [0.717, 1.165) is 51.6 Å². The van der Waals surface area contributed by atoms with Gasteiger partial charge in [0.25, 0.3) is 11.8 Å². The molecule has 0 aromatic rings. The fraction of sp³-hybridized carbons (Fsp3) is 0.750. The van der Waals surface area contributed by atoms with Gasteiger partial charge in [0, 0.05) is 17.7 Å². The average Bonchev–Trinajstić information content (AvgIpc) is 2.76. The summed E-state index contributed by atoms with van der Waals surface area (Å²) in [5.74, 6) is -0.469. The molecule has 0 bridgehead atoms. The van der Waals surface area contributed by atoms with Crippen LogP contribution in [0.4, 0.5) is 0 Å². The highest BCUT2D eigenvalue weighted by atomic mass is 16.2. The van der Waals surface area contributed by atoms with Crippen molar-refractivity contribution < 1.29 is 9.59 Å². The molecule has 0 aliphatic carbocycles. The molecule has 1 aliphatic rings. The Bertz CT molecular complexity index is 355. The topological polar surface area (TPSA) is 49.4 Å². The molecule has 0 aromatic heterocycles. The lowest BCUT2D eigenvalue weighted by atomic mass is 9.99. The van der Waals surface area contributed by atoms with E-state index in [9.17, 15) is 9.59 Å². The van der Waals surface area contributed by atoms with Crippen LogP contribution >= 0.6 is 0 Å². The minimum absolute atomic E-state index is 0.0875. The largest absolute Gasteiger partial charge is 0.296 e. The van der Waals surface area contributed by atoms with Gasteiger partial charge >= 0.3 is 0 Å². The van der Waals surface area contributed by atoms with E-state index in [1.54, 1.807) is 0 Å². The summed E-state index contributed by atoms with van der Waals surface area (Å²) in [5, 5.41) is 2.38. The molecule has 0 aromatic carbocycles. The second-order valence-electron chi connectivity index (χ2n) is 5.47. The van der Waals surface area contributed by atoms with E-state index in [-0.39, 0.29) is 17.9 Å². The van der Waals surface area contributed by atoms with Crippen molar-refractivity contribution in [2.24, 2.45) is 0 Å². The van der Waals surface area contributed by atoms with Gasteiger partial charge in [-0.3, -0.25) is 19.8 Å². The third-order valence-corrected chi connectivity index (χ3v) is 3.75. The van der Waals surface area contributed by atoms with Crippen LogP contribution in [-0.4, -0.2) is 35.8 Å². The van der Waals surface area contributed by atoms with Crippen LogP contribution in [0.3, 0.4) is 0 Å². The summed E-state index contributed by atoms with van der Waals surface area (Å²) in [5.41, 5.74) is 0.657. The molecule has 114 valence electrons. The van der Waals surface area contributed by atoms with Gasteiger partial charge < -0.3 is 0 Å². The lowest BCUT2D eigenvalue weighted by Gasteiger charge is -2.31. The van der Waals surface area contributed by atoms with Crippen LogP contribution in [-0.2, 0) is 9.59 Å². The first-order valence-electron chi connectivity index (χ1n) is 7.94. The molecule has 0 spiro atoms. The first-order chi connectivity index (χ1) is 9.63. The minimum atomic E-state index is -0.267. The van der Waals surface area contributed by atoms with Crippen molar-refractivity contribution in [2.45, 2.75) is 65.3 Å². The predicted molar refractivity (Wildman–Crippen MR) is 81.3 cm³/mol. The third-order valence-electron chi connectivity index (χ3n) is 3.75. The number of rotatable bonds is 10. The summed E-state index contributed by atoms with van der Waals surface area (Å²) in [6, 6.07) is 0.0875. The Hall–Kier alpha value is -1.16. The molecule has 0 saturated heterocycles. The Morgan fingerprint density at radius 3 is 2.05 bits per heavy atom. The maximum absolute atomic E-state index is 11.9. The van der Waals surface area contributed by atoms with E-state index in [4.69, 9.17) is 0 Å². The molecule has 1 N–H and O–H groups in total. The van der Waals surface area contributed by atoms with E-state index in [1.165, 1.54) is 6.08 Å². The summed E-state index contributed by atoms with van der Waals surface area (Å²) >= 11 is 0. The minimum Gasteiger partial charge on any atom is -0.296 e. The van der Waals surface area contributed by atoms with Crippen molar-refractivity contribution in [3.05, 3.63) is 11.6 Å². The first kappa shape index (κ1) is 16.9. The highest BCUT2D eigenvalue weighted by Gasteiger charge is 2.30. The van der Waals surface area contributed by atoms with Crippen LogP contribution < -0.4 is 5.32 Å². The van der Waals surface area contributed by atoms with E-state index >= 15 is 0 Å². The van der Waals surface area contributed by atoms with Gasteiger partial charge in [-0.05, 0) is 32.4 Å². The van der Waals surface area contributed by atoms with Gasteiger partial charge in [0.05, 0.1) is 0 Å². The van der Waals surface area contributed by atoms with Crippen molar-refractivity contribution in [2.75, 3.05) is 13.1 Å². The second kappa shape index (κ2) is 8.90. The van der Waals surface area contributed by atoms with Crippen LogP contribution in [0.5, 0.6) is 0 Å². The number of nitrogens with zero attached hydrogens (tertiary/aromatic N) is 1. The van der Waals surface area contributed by atoms with Gasteiger partial charge in [-0.25, -0.2) is 0 Å². The third kappa shape index (κ3) is 4.75. The van der Waals surface area contributed by atoms with E-state index in [1.807, 2.05) is 0 Å². The summed E-state index contributed by atoms with van der Waals surface area (Å²) in [7, 11) is 0. The first-order valence-corrected chi connectivity index (χ1v) is 7.94. The average molecular weight is 280 g/mol. The van der Waals surface area contributed by atoms with Gasteiger partial charge in [-0.2, -0.15) is 0 Å². The quantitative estimate of drug-likeness (QED) is 0.626. The second-order valence-corrected chi connectivity index (χ2v) is 5.47. The van der Waals surface area contributed by atoms with Gasteiger partial charge in [-0.1, -0.05) is 40.0 Å². The maximum Gasteiger partial charge on any atom is 0.255 e. The van der Waals surface area contributed by atoms with Crippen LogP contribution in [0.1, 0.15) is 59.3 Å². The molecule has 1 heterocycles. The van der Waals surface area contributed by atoms with Crippen molar-refractivity contribution in [1.82, 2.24) is 10.2 Å². The predicted octanol–water partition coefficient (Wildman–Crippen LogP) is 2.64. The molecule has 1 atom stereocenters. The number of imide groups is 1. The number of carbonyl (C=O) groups excluding carboxylic acids is 2. The van der Waals surface area contributed by atoms with E-state index in [0.29, 0.717) is 5.57 Å². The van der Waals surface area contributed by atoms with Gasteiger partial charge in [0.1, 0.15) is 0 Å². The molecule has 1 aliphatic heterocycles. The number of amides is 2. The van der Waals surface area contributed by atoms with E-state index in [2.05, 4.69) is 31.0 Å². The van der Waals surface area contributed by atoms with Crippen molar-refractivity contribution in [3.8, 4) is 0 Å². The van der Waals surface area contributed by atoms with Gasteiger partial charge in [-0.15, -0.1) is 0 Å². The summed E-state index contributed by atoms with van der Waals surface area (Å²) < 4.78 is 0. The van der Waals surface area contributed by atoms with Crippen LogP contribution in [0.15, 0.2) is 11.6 Å². The zero-order chi connectivity index (χ0) is 15.0. The molecular weight excluding hydrogens is 252 g/mol. The number of unbranched alkanes of at least 4 members (excludes halogenated alkanes) is 2. The molecule has 0 radical (unpaired) electrons. The van der Waals surface area contributed by atoms with Crippen LogP contribution in [0.25, 0.3) is 0 Å². The molecule has 0 fully saturated rings. The highest BCUT2D eigenvalue weighted by molar-refractivity contribution is 6.16.